The van der Waals surface area contributed by atoms with E-state index in [1.54, 1.807) is 57.3 Å². The van der Waals surface area contributed by atoms with Gasteiger partial charge >= 0.3 is 11.9 Å². The van der Waals surface area contributed by atoms with Gasteiger partial charge in [-0.05, 0) is 32.4 Å². The number of hydrogen-bond acceptors (Lipinski definition) is 6. The number of H-pyrrole nitrogens is 1. The molecule has 3 rings (SSSR count). The number of nitrogens with one attached hydrogen (secondary N) is 1. The molecule has 0 saturated carbocycles. The van der Waals surface area contributed by atoms with Crippen molar-refractivity contribution in [2.75, 3.05) is 6.61 Å². The minimum atomic E-state index is -2.12. The standard InChI is InChI=1S/C24H26N2O5/c1-23(2,3)31-22(29)24(25,13-17-14-26-19-12-8-7-11-18(17)19)21(28)30-15-20(27)16-9-5-4-6-10-16/h4-12,14,26H,13,15,25H2,1-3H3/t24-/m0/s1. The number of ether oxygens (including phenoxy) is 2. The highest BCUT2D eigenvalue weighted by atomic mass is 16.6. The van der Waals surface area contributed by atoms with Gasteiger partial charge in [0.25, 0.3) is 0 Å². The third-order valence-corrected chi connectivity index (χ3v) is 4.70. The van der Waals surface area contributed by atoms with Gasteiger partial charge < -0.3 is 20.2 Å². The van der Waals surface area contributed by atoms with Crippen molar-refractivity contribution in [1.82, 2.24) is 4.98 Å². The normalized spacial score (nSPS) is 13.4. The Labute approximate surface area is 180 Å². The van der Waals surface area contributed by atoms with Crippen LogP contribution in [0.15, 0.2) is 60.8 Å². The van der Waals surface area contributed by atoms with Crippen LogP contribution in [0.25, 0.3) is 10.9 Å². The maximum atomic E-state index is 13.0. The predicted octanol–water partition coefficient (Wildman–Crippen LogP) is 3.18. The maximum Gasteiger partial charge on any atom is 0.338 e. The van der Waals surface area contributed by atoms with Gasteiger partial charge in [-0.15, -0.1) is 0 Å². The first-order chi connectivity index (χ1) is 14.6. The molecule has 0 unspecified atom stereocenters. The summed E-state index contributed by atoms with van der Waals surface area (Å²) in [7, 11) is 0. The zero-order valence-electron chi connectivity index (χ0n) is 17.8. The van der Waals surface area contributed by atoms with Crippen LogP contribution in [0.3, 0.4) is 0 Å². The van der Waals surface area contributed by atoms with Gasteiger partial charge in [-0.25, -0.2) is 9.59 Å². The number of ketones is 1. The molecule has 0 amide bonds. The molecule has 0 saturated heterocycles. The van der Waals surface area contributed by atoms with Gasteiger partial charge in [-0.3, -0.25) is 4.79 Å². The third kappa shape index (κ3) is 5.19. The fourth-order valence-corrected chi connectivity index (χ4v) is 3.14. The summed E-state index contributed by atoms with van der Waals surface area (Å²) in [5.74, 6) is -2.33. The lowest BCUT2D eigenvalue weighted by atomic mass is 9.91. The number of esters is 2. The van der Waals surface area contributed by atoms with Crippen LogP contribution in [0.2, 0.25) is 0 Å². The van der Waals surface area contributed by atoms with Crippen LogP contribution in [0, 0.1) is 0 Å². The molecule has 162 valence electrons. The highest BCUT2D eigenvalue weighted by molar-refractivity contribution is 6.07. The average molecular weight is 422 g/mol. The second-order valence-corrected chi connectivity index (χ2v) is 8.37. The van der Waals surface area contributed by atoms with Crippen molar-refractivity contribution >= 4 is 28.6 Å². The van der Waals surface area contributed by atoms with Gasteiger partial charge in [0, 0.05) is 29.1 Å². The monoisotopic (exact) mass is 422 g/mol. The number of para-hydroxylation sites is 1. The van der Waals surface area contributed by atoms with Crippen LogP contribution in [0.1, 0.15) is 36.7 Å². The first-order valence-corrected chi connectivity index (χ1v) is 9.93. The van der Waals surface area contributed by atoms with Gasteiger partial charge in [0.15, 0.2) is 12.4 Å². The number of fused-ring (bicyclic) bond motifs is 1. The average Bonchev–Trinajstić information content (AvgIpc) is 3.13. The zero-order valence-corrected chi connectivity index (χ0v) is 17.8. The molecule has 3 aromatic rings. The molecule has 1 aromatic heterocycles. The van der Waals surface area contributed by atoms with Crippen molar-refractivity contribution in [3.05, 3.63) is 71.9 Å². The number of nitrogens with two attached hydrogens (primary N) is 1. The number of hydrogen-bond donors (Lipinski definition) is 2. The lowest BCUT2D eigenvalue weighted by molar-refractivity contribution is -0.171. The van der Waals surface area contributed by atoms with Gasteiger partial charge in [0.2, 0.25) is 5.54 Å². The van der Waals surface area contributed by atoms with Crippen molar-refractivity contribution in [3.8, 4) is 0 Å². The molecule has 0 aliphatic heterocycles. The summed E-state index contributed by atoms with van der Waals surface area (Å²) in [6, 6.07) is 15.9. The molecule has 7 nitrogen and oxygen atoms in total. The van der Waals surface area contributed by atoms with E-state index in [-0.39, 0.29) is 6.42 Å². The van der Waals surface area contributed by atoms with Gasteiger partial charge in [-0.2, -0.15) is 0 Å². The fourth-order valence-electron chi connectivity index (χ4n) is 3.14. The van der Waals surface area contributed by atoms with Crippen LogP contribution >= 0.6 is 0 Å². The second kappa shape index (κ2) is 8.73. The van der Waals surface area contributed by atoms with E-state index in [0.29, 0.717) is 11.1 Å². The molecule has 1 heterocycles. The zero-order chi connectivity index (χ0) is 22.6. The lowest BCUT2D eigenvalue weighted by Crippen LogP contribution is -2.59. The summed E-state index contributed by atoms with van der Waals surface area (Å²) in [6.07, 6.45) is 1.54. The molecule has 0 radical (unpaired) electrons. The van der Waals surface area contributed by atoms with E-state index in [0.717, 1.165) is 10.9 Å². The quantitative estimate of drug-likeness (QED) is 0.344. The van der Waals surface area contributed by atoms with E-state index in [1.165, 1.54) is 0 Å². The van der Waals surface area contributed by atoms with Gasteiger partial charge in [-0.1, -0.05) is 48.5 Å². The molecular weight excluding hydrogens is 396 g/mol. The molecule has 7 heteroatoms. The number of benzene rings is 2. The Hall–Kier alpha value is -3.45. The summed E-state index contributed by atoms with van der Waals surface area (Å²) in [5, 5.41) is 0.828. The fraction of sp³-hybridized carbons (Fsp3) is 0.292. The number of rotatable bonds is 7. The highest BCUT2D eigenvalue weighted by Crippen LogP contribution is 2.25. The van der Waals surface area contributed by atoms with E-state index >= 15 is 0 Å². The number of aromatic nitrogens is 1. The summed E-state index contributed by atoms with van der Waals surface area (Å²) in [6.45, 7) is 4.52. The number of Topliss-reactive ketones (excluding diaryl/α,β-unsaturated/α-hetero) is 1. The van der Waals surface area contributed by atoms with Crippen molar-refractivity contribution in [3.63, 3.8) is 0 Å². The van der Waals surface area contributed by atoms with E-state index in [2.05, 4.69) is 4.98 Å². The van der Waals surface area contributed by atoms with E-state index in [9.17, 15) is 14.4 Å². The molecule has 0 aliphatic rings. The smallest absolute Gasteiger partial charge is 0.338 e. The summed E-state index contributed by atoms with van der Waals surface area (Å²) < 4.78 is 10.6. The number of aromatic amines is 1. The summed E-state index contributed by atoms with van der Waals surface area (Å²) in [5.41, 5.74) is 5.25. The number of carbonyl (C=O) groups is 3. The summed E-state index contributed by atoms with van der Waals surface area (Å²) in [4.78, 5) is 41.4. The molecule has 2 aromatic carbocycles. The van der Waals surface area contributed by atoms with Crippen molar-refractivity contribution in [2.45, 2.75) is 38.3 Å². The Bertz CT molecular complexity index is 1100. The first kappa shape index (κ1) is 22.2. The predicted molar refractivity (Wildman–Crippen MR) is 116 cm³/mol. The Morgan fingerprint density at radius 1 is 0.935 bits per heavy atom. The second-order valence-electron chi connectivity index (χ2n) is 8.37. The molecule has 0 fully saturated rings. The SMILES string of the molecule is CC(C)(C)OC(=O)[C@](N)(Cc1c[nH]c2ccccc12)C(=O)OCC(=O)c1ccccc1. The molecule has 0 bridgehead atoms. The van der Waals surface area contributed by atoms with Crippen LogP contribution in [-0.2, 0) is 25.5 Å². The van der Waals surface area contributed by atoms with Crippen LogP contribution in [0.4, 0.5) is 0 Å². The molecule has 0 spiro atoms. The topological polar surface area (TPSA) is 111 Å². The van der Waals surface area contributed by atoms with Crippen LogP contribution in [0.5, 0.6) is 0 Å². The van der Waals surface area contributed by atoms with Crippen LogP contribution < -0.4 is 5.73 Å². The first-order valence-electron chi connectivity index (χ1n) is 9.93. The van der Waals surface area contributed by atoms with Crippen molar-refractivity contribution in [2.24, 2.45) is 5.73 Å². The molecule has 1 atom stereocenters. The molecule has 0 aliphatic carbocycles. The van der Waals surface area contributed by atoms with Crippen molar-refractivity contribution < 1.29 is 23.9 Å². The molecule has 31 heavy (non-hydrogen) atoms. The van der Waals surface area contributed by atoms with E-state index in [1.807, 2.05) is 24.3 Å². The minimum absolute atomic E-state index is 0.149. The minimum Gasteiger partial charge on any atom is -0.458 e. The van der Waals surface area contributed by atoms with Gasteiger partial charge in [0.05, 0.1) is 0 Å². The van der Waals surface area contributed by atoms with E-state index in [4.69, 9.17) is 15.2 Å². The molecule has 3 N–H and O–H groups in total. The largest absolute Gasteiger partial charge is 0.458 e. The van der Waals surface area contributed by atoms with E-state index < -0.39 is 35.5 Å². The Balaban J connectivity index is 1.85. The number of carbonyl (C=O) groups excluding carboxylic acids is 3. The van der Waals surface area contributed by atoms with Crippen molar-refractivity contribution in [1.29, 1.82) is 0 Å². The molecular formula is C24H26N2O5. The summed E-state index contributed by atoms with van der Waals surface area (Å²) >= 11 is 0. The Morgan fingerprint density at radius 3 is 2.26 bits per heavy atom. The highest BCUT2D eigenvalue weighted by Gasteiger charge is 2.47. The lowest BCUT2D eigenvalue weighted by Gasteiger charge is -2.29. The van der Waals surface area contributed by atoms with Gasteiger partial charge in [0.1, 0.15) is 5.60 Å². The Kier molecular flexibility index (Phi) is 6.27. The third-order valence-electron chi connectivity index (χ3n) is 4.70. The Morgan fingerprint density at radius 2 is 1.58 bits per heavy atom. The van der Waals surface area contributed by atoms with Crippen LogP contribution in [-0.4, -0.2) is 40.5 Å². The maximum absolute atomic E-state index is 13.0.